The van der Waals surface area contributed by atoms with Crippen molar-refractivity contribution in [3.8, 4) is 17.2 Å². The Kier molecular flexibility index (Phi) is 6.03. The molecule has 0 radical (unpaired) electrons. The third kappa shape index (κ3) is 4.03. The summed E-state index contributed by atoms with van der Waals surface area (Å²) in [5.41, 5.74) is 1.22. The number of amides is 2. The first kappa shape index (κ1) is 19.5. The van der Waals surface area contributed by atoms with Crippen LogP contribution in [0.1, 0.15) is 13.3 Å². The normalized spacial score (nSPS) is 16.0. The lowest BCUT2D eigenvalue weighted by molar-refractivity contribution is -0.122. The smallest absolute Gasteiger partial charge is 0.229 e. The molecule has 2 aromatic rings. The molecule has 0 bridgehead atoms. The zero-order valence-corrected chi connectivity index (χ0v) is 16.2. The van der Waals surface area contributed by atoms with E-state index in [1.54, 1.807) is 30.2 Å². The summed E-state index contributed by atoms with van der Waals surface area (Å²) in [7, 11) is 3.09. The molecule has 1 heterocycles. The predicted octanol–water partition coefficient (Wildman–Crippen LogP) is 3.09. The van der Waals surface area contributed by atoms with Crippen molar-refractivity contribution in [2.24, 2.45) is 5.92 Å². The van der Waals surface area contributed by atoms with Crippen molar-refractivity contribution in [3.05, 3.63) is 42.5 Å². The molecule has 3 rings (SSSR count). The number of benzene rings is 2. The SMILES string of the molecule is CCOc1ccccc1N1C[C@H](C(=O)Nc2ccc(OC)cc2OC)CC1=O. The summed E-state index contributed by atoms with van der Waals surface area (Å²) in [6.07, 6.45) is 0.144. The van der Waals surface area contributed by atoms with Gasteiger partial charge in [0.15, 0.2) is 0 Å². The van der Waals surface area contributed by atoms with Crippen LogP contribution in [-0.4, -0.2) is 39.2 Å². The average Bonchev–Trinajstić information content (AvgIpc) is 3.10. The van der Waals surface area contributed by atoms with Gasteiger partial charge in [0.1, 0.15) is 17.2 Å². The fourth-order valence-electron chi connectivity index (χ4n) is 3.21. The van der Waals surface area contributed by atoms with Gasteiger partial charge in [-0.15, -0.1) is 0 Å². The van der Waals surface area contributed by atoms with Gasteiger partial charge in [-0.25, -0.2) is 0 Å². The van der Waals surface area contributed by atoms with Crippen molar-refractivity contribution in [2.75, 3.05) is 37.6 Å². The third-order valence-corrected chi connectivity index (χ3v) is 4.62. The highest BCUT2D eigenvalue weighted by molar-refractivity contribution is 6.04. The minimum Gasteiger partial charge on any atom is -0.497 e. The molecule has 1 fully saturated rings. The number of para-hydroxylation sites is 2. The highest BCUT2D eigenvalue weighted by Crippen LogP contribution is 2.34. The first-order chi connectivity index (χ1) is 13.6. The quantitative estimate of drug-likeness (QED) is 0.794. The van der Waals surface area contributed by atoms with E-state index in [1.807, 2.05) is 31.2 Å². The maximum Gasteiger partial charge on any atom is 0.229 e. The van der Waals surface area contributed by atoms with Crippen molar-refractivity contribution in [1.29, 1.82) is 0 Å². The lowest BCUT2D eigenvalue weighted by atomic mass is 10.1. The van der Waals surface area contributed by atoms with E-state index >= 15 is 0 Å². The van der Waals surface area contributed by atoms with Crippen LogP contribution in [0.5, 0.6) is 17.2 Å². The summed E-state index contributed by atoms with van der Waals surface area (Å²) >= 11 is 0. The van der Waals surface area contributed by atoms with Crippen LogP contribution in [0, 0.1) is 5.92 Å². The number of hydrogen-bond donors (Lipinski definition) is 1. The molecule has 1 saturated heterocycles. The first-order valence-electron chi connectivity index (χ1n) is 9.12. The Morgan fingerprint density at radius 1 is 1.14 bits per heavy atom. The van der Waals surface area contributed by atoms with E-state index in [2.05, 4.69) is 5.32 Å². The molecule has 0 saturated carbocycles. The van der Waals surface area contributed by atoms with E-state index in [9.17, 15) is 9.59 Å². The summed E-state index contributed by atoms with van der Waals surface area (Å²) < 4.78 is 16.1. The summed E-state index contributed by atoms with van der Waals surface area (Å²) in [6.45, 7) is 2.69. The first-order valence-corrected chi connectivity index (χ1v) is 9.12. The van der Waals surface area contributed by atoms with Crippen LogP contribution < -0.4 is 24.4 Å². The van der Waals surface area contributed by atoms with Gasteiger partial charge in [0.25, 0.3) is 0 Å². The van der Waals surface area contributed by atoms with Crippen LogP contribution in [0.2, 0.25) is 0 Å². The number of methoxy groups -OCH3 is 2. The number of nitrogens with one attached hydrogen (secondary N) is 1. The second kappa shape index (κ2) is 8.65. The zero-order chi connectivity index (χ0) is 20.1. The lowest BCUT2D eigenvalue weighted by Crippen LogP contribution is -2.28. The minimum atomic E-state index is -0.464. The molecule has 0 unspecified atom stereocenters. The summed E-state index contributed by atoms with van der Waals surface area (Å²) in [5.74, 6) is 0.965. The van der Waals surface area contributed by atoms with Gasteiger partial charge < -0.3 is 24.4 Å². The van der Waals surface area contributed by atoms with Crippen molar-refractivity contribution >= 4 is 23.2 Å². The van der Waals surface area contributed by atoms with Gasteiger partial charge in [-0.2, -0.15) is 0 Å². The molecule has 0 spiro atoms. The number of carbonyl (C=O) groups excluding carboxylic acids is 2. The highest BCUT2D eigenvalue weighted by atomic mass is 16.5. The molecule has 148 valence electrons. The van der Waals surface area contributed by atoms with Gasteiger partial charge in [-0.05, 0) is 31.2 Å². The number of carbonyl (C=O) groups is 2. The second-order valence-electron chi connectivity index (χ2n) is 6.36. The van der Waals surface area contributed by atoms with Gasteiger partial charge in [-0.3, -0.25) is 9.59 Å². The lowest BCUT2D eigenvalue weighted by Gasteiger charge is -2.20. The molecule has 1 aliphatic heterocycles. The number of nitrogens with zero attached hydrogens (tertiary/aromatic N) is 1. The standard InChI is InChI=1S/C21H24N2O5/c1-4-28-18-8-6-5-7-17(18)23-13-14(11-20(23)24)21(25)22-16-10-9-15(26-2)12-19(16)27-3/h5-10,12,14H,4,11,13H2,1-3H3,(H,22,25)/t14-/m1/s1. The van der Waals surface area contributed by atoms with E-state index in [0.717, 1.165) is 0 Å². The van der Waals surface area contributed by atoms with E-state index in [0.29, 0.717) is 41.8 Å². The molecule has 7 nitrogen and oxygen atoms in total. The van der Waals surface area contributed by atoms with Crippen LogP contribution in [0.3, 0.4) is 0 Å². The predicted molar refractivity (Wildman–Crippen MR) is 106 cm³/mol. The topological polar surface area (TPSA) is 77.1 Å². The van der Waals surface area contributed by atoms with Gasteiger partial charge in [0.2, 0.25) is 11.8 Å². The molecule has 1 atom stereocenters. The molecule has 2 amide bonds. The van der Waals surface area contributed by atoms with Gasteiger partial charge in [0.05, 0.1) is 38.1 Å². The van der Waals surface area contributed by atoms with E-state index in [4.69, 9.17) is 14.2 Å². The van der Waals surface area contributed by atoms with Crippen molar-refractivity contribution < 1.29 is 23.8 Å². The summed E-state index contributed by atoms with van der Waals surface area (Å²) in [6, 6.07) is 12.5. The van der Waals surface area contributed by atoms with E-state index in [1.165, 1.54) is 7.11 Å². The summed E-state index contributed by atoms with van der Waals surface area (Å²) in [4.78, 5) is 26.9. The second-order valence-corrected chi connectivity index (χ2v) is 6.36. The molecular weight excluding hydrogens is 360 g/mol. The monoisotopic (exact) mass is 384 g/mol. The third-order valence-electron chi connectivity index (χ3n) is 4.62. The van der Waals surface area contributed by atoms with Crippen LogP contribution in [-0.2, 0) is 9.59 Å². The Labute approximate surface area is 164 Å². The molecular formula is C21H24N2O5. The molecule has 1 aliphatic rings. The van der Waals surface area contributed by atoms with Crippen LogP contribution in [0.15, 0.2) is 42.5 Å². The molecule has 0 aliphatic carbocycles. The fraction of sp³-hybridized carbons (Fsp3) is 0.333. The van der Waals surface area contributed by atoms with Crippen LogP contribution in [0.4, 0.5) is 11.4 Å². The zero-order valence-electron chi connectivity index (χ0n) is 16.2. The Bertz CT molecular complexity index is 868. The largest absolute Gasteiger partial charge is 0.497 e. The number of ether oxygens (including phenoxy) is 3. The average molecular weight is 384 g/mol. The van der Waals surface area contributed by atoms with Gasteiger partial charge in [-0.1, -0.05) is 12.1 Å². The number of anilines is 2. The Morgan fingerprint density at radius 2 is 1.93 bits per heavy atom. The fourth-order valence-corrected chi connectivity index (χ4v) is 3.21. The Morgan fingerprint density at radius 3 is 2.64 bits per heavy atom. The van der Waals surface area contributed by atoms with Crippen molar-refractivity contribution in [1.82, 2.24) is 0 Å². The van der Waals surface area contributed by atoms with Gasteiger partial charge in [0, 0.05) is 19.0 Å². The van der Waals surface area contributed by atoms with Gasteiger partial charge >= 0.3 is 0 Å². The van der Waals surface area contributed by atoms with Crippen LogP contribution >= 0.6 is 0 Å². The van der Waals surface area contributed by atoms with E-state index < -0.39 is 5.92 Å². The Hall–Kier alpha value is -3.22. The highest BCUT2D eigenvalue weighted by Gasteiger charge is 2.36. The molecule has 2 aromatic carbocycles. The molecule has 7 heteroatoms. The maximum atomic E-state index is 12.8. The molecule has 28 heavy (non-hydrogen) atoms. The number of rotatable bonds is 7. The number of hydrogen-bond acceptors (Lipinski definition) is 5. The van der Waals surface area contributed by atoms with E-state index in [-0.39, 0.29) is 18.2 Å². The summed E-state index contributed by atoms with van der Waals surface area (Å²) in [5, 5.41) is 2.86. The molecule has 1 N–H and O–H groups in total. The van der Waals surface area contributed by atoms with Crippen molar-refractivity contribution in [2.45, 2.75) is 13.3 Å². The Balaban J connectivity index is 1.74. The van der Waals surface area contributed by atoms with Crippen molar-refractivity contribution in [3.63, 3.8) is 0 Å². The molecule has 0 aromatic heterocycles. The van der Waals surface area contributed by atoms with Crippen LogP contribution in [0.25, 0.3) is 0 Å². The maximum absolute atomic E-state index is 12.8. The minimum absolute atomic E-state index is 0.103.